The number of amides is 3. The van der Waals surface area contributed by atoms with Gasteiger partial charge in [-0.2, -0.15) is 0 Å². The number of nitrogens with one attached hydrogen (secondary N) is 1. The summed E-state index contributed by atoms with van der Waals surface area (Å²) in [5, 5.41) is 2.58. The van der Waals surface area contributed by atoms with E-state index >= 15 is 0 Å². The van der Waals surface area contributed by atoms with Gasteiger partial charge in [-0.1, -0.05) is 20.8 Å². The molecule has 1 atom stereocenters. The number of nitrogens with zero attached hydrogens (tertiary/aromatic N) is 1. The van der Waals surface area contributed by atoms with Crippen LogP contribution in [0.25, 0.3) is 0 Å². The first kappa shape index (κ1) is 11.7. The minimum Gasteiger partial charge on any atom is -0.343 e. The van der Waals surface area contributed by atoms with E-state index < -0.39 is 11.5 Å². The third kappa shape index (κ3) is 2.34. The molecule has 0 aromatic rings. The summed E-state index contributed by atoms with van der Waals surface area (Å²) in [4.78, 5) is 35.3. The SMILES string of the molecule is CN1C(=O)CC(NC(=O)C(C)(C)C)C1=O. The van der Waals surface area contributed by atoms with Crippen LogP contribution in [0.4, 0.5) is 0 Å². The van der Waals surface area contributed by atoms with Crippen LogP contribution in [0.1, 0.15) is 27.2 Å². The molecule has 3 amide bonds. The van der Waals surface area contributed by atoms with E-state index in [-0.39, 0.29) is 24.1 Å². The predicted octanol–water partition coefficient (Wildman–Crippen LogP) is -0.0940. The maximum absolute atomic E-state index is 11.6. The lowest BCUT2D eigenvalue weighted by Crippen LogP contribution is -2.45. The molecule has 1 aliphatic heterocycles. The van der Waals surface area contributed by atoms with E-state index in [1.54, 1.807) is 20.8 Å². The molecule has 0 aromatic heterocycles. The summed E-state index contributed by atoms with van der Waals surface area (Å²) in [6.07, 6.45) is 0.0666. The van der Waals surface area contributed by atoms with E-state index in [9.17, 15) is 14.4 Å². The topological polar surface area (TPSA) is 66.5 Å². The molecule has 1 heterocycles. The molecule has 1 unspecified atom stereocenters. The quantitative estimate of drug-likeness (QED) is 0.617. The van der Waals surface area contributed by atoms with Crippen LogP contribution in [-0.2, 0) is 14.4 Å². The van der Waals surface area contributed by atoms with Gasteiger partial charge in [-0.15, -0.1) is 0 Å². The molecular weight excluding hydrogens is 196 g/mol. The molecule has 5 heteroatoms. The van der Waals surface area contributed by atoms with E-state index in [2.05, 4.69) is 5.32 Å². The minimum atomic E-state index is -0.686. The Balaban J connectivity index is 2.66. The van der Waals surface area contributed by atoms with Crippen LogP contribution in [0, 0.1) is 5.41 Å². The summed E-state index contributed by atoms with van der Waals surface area (Å²) < 4.78 is 0. The van der Waals surface area contributed by atoms with Gasteiger partial charge in [0.1, 0.15) is 6.04 Å². The largest absolute Gasteiger partial charge is 0.343 e. The third-order valence-corrected chi connectivity index (χ3v) is 2.37. The minimum absolute atomic E-state index is 0.0666. The lowest BCUT2D eigenvalue weighted by Gasteiger charge is -2.20. The molecule has 5 nitrogen and oxygen atoms in total. The monoisotopic (exact) mass is 212 g/mol. The van der Waals surface area contributed by atoms with E-state index in [1.807, 2.05) is 0 Å². The van der Waals surface area contributed by atoms with Crippen LogP contribution in [0.5, 0.6) is 0 Å². The van der Waals surface area contributed by atoms with Gasteiger partial charge in [0.25, 0.3) is 5.91 Å². The number of imide groups is 1. The first-order valence-electron chi connectivity index (χ1n) is 4.85. The zero-order chi connectivity index (χ0) is 11.8. The second-order valence-corrected chi connectivity index (χ2v) is 4.77. The Hall–Kier alpha value is -1.39. The summed E-state index contributed by atoms with van der Waals surface area (Å²) >= 11 is 0. The highest BCUT2D eigenvalue weighted by Crippen LogP contribution is 2.16. The van der Waals surface area contributed by atoms with Crippen molar-refractivity contribution in [3.8, 4) is 0 Å². The lowest BCUT2D eigenvalue weighted by molar-refractivity contribution is -0.139. The summed E-state index contributed by atoms with van der Waals surface area (Å²) in [5.74, 6) is -0.805. The zero-order valence-electron chi connectivity index (χ0n) is 9.46. The molecule has 0 spiro atoms. The molecule has 84 valence electrons. The van der Waals surface area contributed by atoms with E-state index in [0.29, 0.717) is 0 Å². The highest BCUT2D eigenvalue weighted by atomic mass is 16.2. The fourth-order valence-electron chi connectivity index (χ4n) is 1.24. The van der Waals surface area contributed by atoms with Crippen LogP contribution in [-0.4, -0.2) is 35.7 Å². The van der Waals surface area contributed by atoms with Crippen molar-refractivity contribution in [2.45, 2.75) is 33.2 Å². The number of carbonyl (C=O) groups is 3. The van der Waals surface area contributed by atoms with Crippen LogP contribution in [0.3, 0.4) is 0 Å². The number of likely N-dealkylation sites (tertiary alicyclic amines) is 1. The molecule has 0 saturated carbocycles. The molecule has 0 bridgehead atoms. The van der Waals surface area contributed by atoms with Crippen LogP contribution < -0.4 is 5.32 Å². The molecule has 1 saturated heterocycles. The smallest absolute Gasteiger partial charge is 0.252 e. The Morgan fingerprint density at radius 1 is 1.40 bits per heavy atom. The molecule has 1 aliphatic rings. The first-order valence-corrected chi connectivity index (χ1v) is 4.85. The Morgan fingerprint density at radius 3 is 2.27 bits per heavy atom. The molecule has 0 radical (unpaired) electrons. The molecule has 0 aliphatic carbocycles. The van der Waals surface area contributed by atoms with Crippen molar-refractivity contribution in [3.63, 3.8) is 0 Å². The van der Waals surface area contributed by atoms with Gasteiger partial charge in [-0.25, -0.2) is 0 Å². The summed E-state index contributed by atoms with van der Waals surface area (Å²) in [6.45, 7) is 5.27. The fourth-order valence-corrected chi connectivity index (χ4v) is 1.24. The van der Waals surface area contributed by atoms with E-state index in [1.165, 1.54) is 7.05 Å². The van der Waals surface area contributed by atoms with Crippen LogP contribution in [0.15, 0.2) is 0 Å². The van der Waals surface area contributed by atoms with Crippen molar-refractivity contribution in [2.24, 2.45) is 5.41 Å². The van der Waals surface area contributed by atoms with Crippen molar-refractivity contribution in [2.75, 3.05) is 7.05 Å². The third-order valence-electron chi connectivity index (χ3n) is 2.37. The predicted molar refractivity (Wildman–Crippen MR) is 53.8 cm³/mol. The van der Waals surface area contributed by atoms with Gasteiger partial charge >= 0.3 is 0 Å². The van der Waals surface area contributed by atoms with Crippen molar-refractivity contribution in [1.29, 1.82) is 0 Å². The molecule has 0 aromatic carbocycles. The fraction of sp³-hybridized carbons (Fsp3) is 0.700. The Morgan fingerprint density at radius 2 is 1.93 bits per heavy atom. The van der Waals surface area contributed by atoms with Crippen molar-refractivity contribution >= 4 is 17.7 Å². The number of hydrogen-bond acceptors (Lipinski definition) is 3. The molecule has 1 fully saturated rings. The summed E-state index contributed by atoms with van der Waals surface area (Å²) in [5.41, 5.74) is -0.551. The zero-order valence-corrected chi connectivity index (χ0v) is 9.46. The number of hydrogen-bond donors (Lipinski definition) is 1. The number of likely N-dealkylation sites (N-methyl/N-ethyl adjacent to an activating group) is 1. The van der Waals surface area contributed by atoms with Crippen molar-refractivity contribution in [1.82, 2.24) is 10.2 Å². The van der Waals surface area contributed by atoms with Gasteiger partial charge < -0.3 is 5.32 Å². The first-order chi connectivity index (χ1) is 6.73. The summed E-state index contributed by atoms with van der Waals surface area (Å²) in [6, 6.07) is -0.686. The van der Waals surface area contributed by atoms with Gasteiger partial charge in [0, 0.05) is 12.5 Å². The van der Waals surface area contributed by atoms with Gasteiger partial charge in [0.15, 0.2) is 0 Å². The second kappa shape index (κ2) is 3.64. The van der Waals surface area contributed by atoms with Crippen molar-refractivity contribution < 1.29 is 14.4 Å². The summed E-state index contributed by atoms with van der Waals surface area (Å²) in [7, 11) is 1.42. The van der Waals surface area contributed by atoms with Crippen molar-refractivity contribution in [3.05, 3.63) is 0 Å². The van der Waals surface area contributed by atoms with Gasteiger partial charge in [0.2, 0.25) is 11.8 Å². The molecule has 15 heavy (non-hydrogen) atoms. The van der Waals surface area contributed by atoms with Crippen LogP contribution in [0.2, 0.25) is 0 Å². The van der Waals surface area contributed by atoms with Gasteiger partial charge in [0.05, 0.1) is 6.42 Å². The lowest BCUT2D eigenvalue weighted by atomic mass is 9.95. The van der Waals surface area contributed by atoms with E-state index in [0.717, 1.165) is 4.90 Å². The van der Waals surface area contributed by atoms with Gasteiger partial charge in [-0.3, -0.25) is 19.3 Å². The standard InChI is InChI=1S/C10H16N2O3/c1-10(2,3)9(15)11-6-5-7(13)12(4)8(6)14/h6H,5H2,1-4H3,(H,11,15). The molecular formula is C10H16N2O3. The Labute approximate surface area is 88.8 Å². The normalized spacial score (nSPS) is 22.1. The highest BCUT2D eigenvalue weighted by molar-refractivity contribution is 6.06. The maximum Gasteiger partial charge on any atom is 0.252 e. The molecule has 1 N–H and O–H groups in total. The number of rotatable bonds is 1. The highest BCUT2D eigenvalue weighted by Gasteiger charge is 2.38. The number of carbonyl (C=O) groups excluding carboxylic acids is 3. The van der Waals surface area contributed by atoms with E-state index in [4.69, 9.17) is 0 Å². The Bertz CT molecular complexity index is 317. The average Bonchev–Trinajstić information content (AvgIpc) is 2.32. The Kier molecular flexibility index (Phi) is 2.83. The van der Waals surface area contributed by atoms with Crippen LogP contribution >= 0.6 is 0 Å². The van der Waals surface area contributed by atoms with Gasteiger partial charge in [-0.05, 0) is 0 Å². The average molecular weight is 212 g/mol. The second-order valence-electron chi connectivity index (χ2n) is 4.77. The molecule has 1 rings (SSSR count). The maximum atomic E-state index is 11.6.